The average Bonchev–Trinajstić information content (AvgIpc) is 2.80. The number of anilines is 2. The molecule has 3 N–H and O–H groups in total. The summed E-state index contributed by atoms with van der Waals surface area (Å²) in [6.07, 6.45) is 0.0384. The lowest BCUT2D eigenvalue weighted by Crippen LogP contribution is -2.36. The highest BCUT2D eigenvalue weighted by atomic mass is 16.5. The molecule has 0 saturated heterocycles. The van der Waals surface area contributed by atoms with Gasteiger partial charge in [0.25, 0.3) is 5.56 Å². The number of rotatable bonds is 11. The summed E-state index contributed by atoms with van der Waals surface area (Å²) in [5, 5.41) is 5.77. The molecule has 3 rings (SSSR count). The summed E-state index contributed by atoms with van der Waals surface area (Å²) >= 11 is 0. The van der Waals surface area contributed by atoms with Gasteiger partial charge in [-0.3, -0.25) is 19.1 Å². The van der Waals surface area contributed by atoms with Gasteiger partial charge in [0.1, 0.15) is 17.3 Å². The third-order valence-corrected chi connectivity index (χ3v) is 5.21. The fourth-order valence-corrected chi connectivity index (χ4v) is 3.46. The van der Waals surface area contributed by atoms with E-state index in [0.29, 0.717) is 12.3 Å². The maximum absolute atomic E-state index is 12.7. The van der Waals surface area contributed by atoms with Crippen molar-refractivity contribution < 1.29 is 14.3 Å². The Bertz CT molecular complexity index is 1230. The summed E-state index contributed by atoms with van der Waals surface area (Å²) in [7, 11) is 1.51. The molecule has 1 aromatic heterocycles. The number of carbonyl (C=O) groups excluding carboxylic acids is 1. The minimum Gasteiger partial charge on any atom is -0.493 e. The van der Waals surface area contributed by atoms with Crippen molar-refractivity contribution in [3.8, 4) is 5.75 Å². The van der Waals surface area contributed by atoms with Crippen LogP contribution in [0.3, 0.4) is 0 Å². The van der Waals surface area contributed by atoms with Gasteiger partial charge >= 0.3 is 5.69 Å². The first-order valence-electron chi connectivity index (χ1n) is 11.0. The molecule has 1 heterocycles. The molecular formula is C25H30N4O5. The van der Waals surface area contributed by atoms with Crippen molar-refractivity contribution in [2.24, 2.45) is 0 Å². The van der Waals surface area contributed by atoms with Gasteiger partial charge in [-0.2, -0.15) is 0 Å². The van der Waals surface area contributed by atoms with Crippen LogP contribution in [-0.2, 0) is 22.6 Å². The monoisotopic (exact) mass is 466 g/mol. The summed E-state index contributed by atoms with van der Waals surface area (Å²) in [6.45, 7) is 4.80. The van der Waals surface area contributed by atoms with E-state index >= 15 is 0 Å². The predicted molar refractivity (Wildman–Crippen MR) is 132 cm³/mol. The zero-order chi connectivity index (χ0) is 24.5. The first kappa shape index (κ1) is 24.8. The number of nitrogens with zero attached hydrogens (tertiary/aromatic N) is 1. The van der Waals surface area contributed by atoms with Crippen molar-refractivity contribution in [1.82, 2.24) is 9.55 Å². The smallest absolute Gasteiger partial charge is 0.330 e. The Balaban J connectivity index is 1.78. The number of nitrogens with one attached hydrogen (secondary N) is 3. The van der Waals surface area contributed by atoms with Crippen LogP contribution in [0.5, 0.6) is 5.75 Å². The van der Waals surface area contributed by atoms with E-state index in [1.807, 2.05) is 62.4 Å². The molecule has 0 aliphatic heterocycles. The van der Waals surface area contributed by atoms with Gasteiger partial charge in [-0.15, -0.1) is 0 Å². The fourth-order valence-electron chi connectivity index (χ4n) is 3.46. The van der Waals surface area contributed by atoms with Gasteiger partial charge in [0.2, 0.25) is 5.91 Å². The van der Waals surface area contributed by atoms with E-state index in [1.54, 1.807) is 0 Å². The highest BCUT2D eigenvalue weighted by Gasteiger charge is 2.17. The molecule has 0 unspecified atom stereocenters. The second-order valence-electron chi connectivity index (χ2n) is 7.88. The van der Waals surface area contributed by atoms with Crippen LogP contribution in [0.4, 0.5) is 11.5 Å². The Labute approximate surface area is 197 Å². The molecule has 9 nitrogen and oxygen atoms in total. The molecule has 0 spiro atoms. The summed E-state index contributed by atoms with van der Waals surface area (Å²) in [4.78, 5) is 40.1. The average molecular weight is 467 g/mol. The van der Waals surface area contributed by atoms with Crippen LogP contribution in [0, 0.1) is 13.8 Å². The van der Waals surface area contributed by atoms with E-state index in [2.05, 4.69) is 15.6 Å². The maximum Gasteiger partial charge on any atom is 0.330 e. The number of aromatic nitrogens is 2. The Morgan fingerprint density at radius 3 is 2.53 bits per heavy atom. The number of aromatic amines is 1. The second-order valence-corrected chi connectivity index (χ2v) is 7.88. The van der Waals surface area contributed by atoms with Gasteiger partial charge < -0.3 is 20.1 Å². The van der Waals surface area contributed by atoms with E-state index in [4.69, 9.17) is 9.47 Å². The Morgan fingerprint density at radius 1 is 1.06 bits per heavy atom. The molecule has 0 atom stereocenters. The largest absolute Gasteiger partial charge is 0.493 e. The van der Waals surface area contributed by atoms with Gasteiger partial charge in [-0.05, 0) is 31.0 Å². The number of amides is 1. The zero-order valence-corrected chi connectivity index (χ0v) is 19.6. The van der Waals surface area contributed by atoms with Crippen LogP contribution in [0.1, 0.15) is 23.1 Å². The number of hydrogen-bond acceptors (Lipinski definition) is 6. The molecule has 0 saturated carbocycles. The van der Waals surface area contributed by atoms with Crippen molar-refractivity contribution in [2.45, 2.75) is 33.4 Å². The fraction of sp³-hybridized carbons (Fsp3) is 0.320. The molecular weight excluding hydrogens is 436 g/mol. The van der Waals surface area contributed by atoms with Crippen LogP contribution >= 0.6 is 0 Å². The minimum absolute atomic E-state index is 0.0384. The lowest BCUT2D eigenvalue weighted by molar-refractivity contribution is -0.116. The van der Waals surface area contributed by atoms with Gasteiger partial charge in [0, 0.05) is 13.7 Å². The summed E-state index contributed by atoms with van der Waals surface area (Å²) in [6, 6.07) is 15.3. The van der Waals surface area contributed by atoms with E-state index in [9.17, 15) is 14.4 Å². The van der Waals surface area contributed by atoms with Gasteiger partial charge in [0.15, 0.2) is 0 Å². The summed E-state index contributed by atoms with van der Waals surface area (Å²) in [5.41, 5.74) is 1.90. The summed E-state index contributed by atoms with van der Waals surface area (Å²) in [5.74, 6) is 0.415. The molecule has 0 aliphatic rings. The second kappa shape index (κ2) is 11.9. The Morgan fingerprint density at radius 2 is 1.82 bits per heavy atom. The standard InChI is InChI=1S/C25H30N4O5/c1-17-9-10-20(18(2)15-17)34-13-11-21(30)27-23-22(26-16-19-7-5-4-6-8-19)24(31)28-25(32)29(23)12-14-33-3/h4-10,15,26H,11-14,16H2,1-3H3,(H,27,30)(H,28,31,32). The van der Waals surface area contributed by atoms with E-state index in [-0.39, 0.29) is 43.6 Å². The SMILES string of the molecule is COCCn1c(NC(=O)CCOc2ccc(C)cc2C)c(NCc2ccccc2)c(=O)[nH]c1=O. The first-order chi connectivity index (χ1) is 16.4. The maximum atomic E-state index is 12.7. The van der Waals surface area contributed by atoms with Crippen LogP contribution in [0.25, 0.3) is 0 Å². The van der Waals surface area contributed by atoms with Crippen molar-refractivity contribution in [3.05, 3.63) is 86.1 Å². The number of hydrogen-bond donors (Lipinski definition) is 3. The van der Waals surface area contributed by atoms with E-state index < -0.39 is 11.2 Å². The molecule has 0 fully saturated rings. The lowest BCUT2D eigenvalue weighted by Gasteiger charge is -2.18. The van der Waals surface area contributed by atoms with Crippen molar-refractivity contribution >= 4 is 17.4 Å². The Kier molecular flexibility index (Phi) is 8.64. The van der Waals surface area contributed by atoms with Gasteiger partial charge in [-0.1, -0.05) is 48.0 Å². The number of benzene rings is 2. The molecule has 0 bridgehead atoms. The first-order valence-corrected chi connectivity index (χ1v) is 11.0. The highest BCUT2D eigenvalue weighted by molar-refractivity contribution is 5.92. The molecule has 180 valence electrons. The third kappa shape index (κ3) is 6.58. The third-order valence-electron chi connectivity index (χ3n) is 5.21. The number of ether oxygens (including phenoxy) is 2. The van der Waals surface area contributed by atoms with Gasteiger partial charge in [0.05, 0.1) is 26.2 Å². The van der Waals surface area contributed by atoms with Crippen molar-refractivity contribution in [2.75, 3.05) is 31.0 Å². The molecule has 1 amide bonds. The van der Waals surface area contributed by atoms with E-state index in [1.165, 1.54) is 11.7 Å². The minimum atomic E-state index is -0.630. The van der Waals surface area contributed by atoms with Crippen LogP contribution in [0.15, 0.2) is 58.1 Å². The molecule has 9 heteroatoms. The van der Waals surface area contributed by atoms with Crippen LogP contribution < -0.4 is 26.6 Å². The quantitative estimate of drug-likeness (QED) is 0.400. The highest BCUT2D eigenvalue weighted by Crippen LogP contribution is 2.20. The molecule has 0 aliphatic carbocycles. The lowest BCUT2D eigenvalue weighted by atomic mass is 10.1. The van der Waals surface area contributed by atoms with Crippen molar-refractivity contribution in [1.29, 1.82) is 0 Å². The number of H-pyrrole nitrogens is 1. The van der Waals surface area contributed by atoms with Crippen LogP contribution in [0.2, 0.25) is 0 Å². The topological polar surface area (TPSA) is 114 Å². The molecule has 34 heavy (non-hydrogen) atoms. The zero-order valence-electron chi connectivity index (χ0n) is 19.6. The summed E-state index contributed by atoms with van der Waals surface area (Å²) < 4.78 is 12.1. The van der Waals surface area contributed by atoms with Crippen LogP contribution in [-0.4, -0.2) is 35.8 Å². The van der Waals surface area contributed by atoms with E-state index in [0.717, 1.165) is 16.7 Å². The predicted octanol–water partition coefficient (Wildman–Crippen LogP) is 2.82. The molecule has 3 aromatic rings. The Hall–Kier alpha value is -3.85. The van der Waals surface area contributed by atoms with Crippen molar-refractivity contribution in [3.63, 3.8) is 0 Å². The number of aryl methyl sites for hydroxylation is 2. The normalized spacial score (nSPS) is 10.7. The number of carbonyl (C=O) groups is 1. The molecule has 2 aromatic carbocycles. The molecule has 0 radical (unpaired) electrons. The van der Waals surface area contributed by atoms with Gasteiger partial charge in [-0.25, -0.2) is 4.79 Å². The number of methoxy groups -OCH3 is 1.